The fraction of sp³-hybridized carbons (Fsp3) is 0.350. The Balaban J connectivity index is 1.75. The van der Waals surface area contributed by atoms with Crippen LogP contribution in [0.25, 0.3) is 10.8 Å². The van der Waals surface area contributed by atoms with E-state index in [-0.39, 0.29) is 5.91 Å². The topological polar surface area (TPSA) is 57.7 Å². The number of piperazine rings is 1. The molecule has 0 atom stereocenters. The van der Waals surface area contributed by atoms with Crippen molar-refractivity contribution in [2.45, 2.75) is 25.2 Å². The zero-order chi connectivity index (χ0) is 18.7. The Kier molecular flexibility index (Phi) is 5.44. The lowest BCUT2D eigenvalue weighted by molar-refractivity contribution is -0.128. The number of allylic oxidation sites excluding steroid dienone is 1. The summed E-state index contributed by atoms with van der Waals surface area (Å²) in [6, 6.07) is 12.9. The second-order valence-corrected chi connectivity index (χ2v) is 8.44. The van der Waals surface area contributed by atoms with Gasteiger partial charge in [-0.05, 0) is 36.2 Å². The Morgan fingerprint density at radius 3 is 2.35 bits per heavy atom. The van der Waals surface area contributed by atoms with Crippen molar-refractivity contribution in [2.24, 2.45) is 0 Å². The maximum atomic E-state index is 13.0. The monoisotopic (exact) mass is 372 g/mol. The molecule has 1 aliphatic heterocycles. The number of nitrogens with zero attached hydrogens (tertiary/aromatic N) is 2. The van der Waals surface area contributed by atoms with Gasteiger partial charge in [0, 0.05) is 31.8 Å². The predicted octanol–water partition coefficient (Wildman–Crippen LogP) is 3.03. The molecule has 1 aliphatic rings. The summed E-state index contributed by atoms with van der Waals surface area (Å²) < 4.78 is 27.4. The van der Waals surface area contributed by atoms with E-state index in [2.05, 4.69) is 0 Å². The Bertz CT molecular complexity index is 942. The Labute approximate surface area is 155 Å². The van der Waals surface area contributed by atoms with Crippen molar-refractivity contribution in [1.29, 1.82) is 0 Å². The summed E-state index contributed by atoms with van der Waals surface area (Å²) in [4.78, 5) is 14.4. The standard InChI is InChI=1S/C20H24N2O3S/c1-3-6-16(2)20(23)21-11-13-22(14-12-21)26(24,25)19-10-9-17-7-4-5-8-18(17)15-19/h4-10,15H,3,11-14H2,1-2H3. The van der Waals surface area contributed by atoms with Gasteiger partial charge in [-0.1, -0.05) is 43.3 Å². The number of hydrogen-bond acceptors (Lipinski definition) is 3. The first-order valence-corrected chi connectivity index (χ1v) is 10.3. The van der Waals surface area contributed by atoms with Gasteiger partial charge in [-0.25, -0.2) is 8.42 Å². The van der Waals surface area contributed by atoms with Crippen molar-refractivity contribution < 1.29 is 13.2 Å². The van der Waals surface area contributed by atoms with Crippen molar-refractivity contribution in [3.63, 3.8) is 0 Å². The number of amides is 1. The summed E-state index contributed by atoms with van der Waals surface area (Å²) in [5.41, 5.74) is 0.721. The van der Waals surface area contributed by atoms with Crippen molar-refractivity contribution >= 4 is 26.7 Å². The number of hydrogen-bond donors (Lipinski definition) is 0. The van der Waals surface area contributed by atoms with Gasteiger partial charge in [0.1, 0.15) is 0 Å². The van der Waals surface area contributed by atoms with Crippen LogP contribution in [0.1, 0.15) is 20.3 Å². The van der Waals surface area contributed by atoms with Crippen LogP contribution >= 0.6 is 0 Å². The molecule has 0 bridgehead atoms. The molecule has 2 aromatic carbocycles. The fourth-order valence-corrected chi connectivity index (χ4v) is 4.71. The Morgan fingerprint density at radius 1 is 1.04 bits per heavy atom. The average molecular weight is 372 g/mol. The zero-order valence-electron chi connectivity index (χ0n) is 15.2. The van der Waals surface area contributed by atoms with E-state index >= 15 is 0 Å². The maximum Gasteiger partial charge on any atom is 0.249 e. The first-order valence-electron chi connectivity index (χ1n) is 8.88. The van der Waals surface area contributed by atoms with Crippen LogP contribution in [0, 0.1) is 0 Å². The molecule has 0 N–H and O–H groups in total. The predicted molar refractivity (Wildman–Crippen MR) is 103 cm³/mol. The molecule has 3 rings (SSSR count). The molecule has 0 aromatic heterocycles. The molecule has 5 nitrogen and oxygen atoms in total. The van der Waals surface area contributed by atoms with Crippen molar-refractivity contribution in [1.82, 2.24) is 9.21 Å². The highest BCUT2D eigenvalue weighted by Gasteiger charge is 2.30. The van der Waals surface area contributed by atoms with Gasteiger partial charge in [-0.15, -0.1) is 0 Å². The molecule has 1 amide bonds. The minimum Gasteiger partial charge on any atom is -0.336 e. The molecule has 1 heterocycles. The lowest BCUT2D eigenvalue weighted by Crippen LogP contribution is -2.50. The van der Waals surface area contributed by atoms with Gasteiger partial charge in [0.25, 0.3) is 0 Å². The van der Waals surface area contributed by atoms with Gasteiger partial charge >= 0.3 is 0 Å². The van der Waals surface area contributed by atoms with E-state index < -0.39 is 10.0 Å². The van der Waals surface area contributed by atoms with Gasteiger partial charge in [0.2, 0.25) is 15.9 Å². The van der Waals surface area contributed by atoms with Crippen LogP contribution in [0.2, 0.25) is 0 Å². The van der Waals surface area contributed by atoms with E-state index in [0.717, 1.165) is 22.8 Å². The molecule has 0 spiro atoms. The van der Waals surface area contributed by atoms with Crippen LogP contribution in [-0.4, -0.2) is 49.7 Å². The normalized spacial score (nSPS) is 16.8. The van der Waals surface area contributed by atoms with Crippen molar-refractivity contribution in [2.75, 3.05) is 26.2 Å². The Hall–Kier alpha value is -2.18. The van der Waals surface area contributed by atoms with E-state index in [0.29, 0.717) is 31.1 Å². The zero-order valence-corrected chi connectivity index (χ0v) is 16.0. The number of carbonyl (C=O) groups excluding carboxylic acids is 1. The van der Waals surface area contributed by atoms with Crippen LogP contribution in [0.5, 0.6) is 0 Å². The summed E-state index contributed by atoms with van der Waals surface area (Å²) in [5, 5.41) is 1.92. The van der Waals surface area contributed by atoms with Crippen LogP contribution in [0.15, 0.2) is 59.0 Å². The largest absolute Gasteiger partial charge is 0.336 e. The third-order valence-corrected chi connectivity index (χ3v) is 6.63. The number of rotatable bonds is 4. The van der Waals surface area contributed by atoms with Crippen LogP contribution < -0.4 is 0 Å². The lowest BCUT2D eigenvalue weighted by Gasteiger charge is -2.34. The number of carbonyl (C=O) groups is 1. The number of benzene rings is 2. The number of fused-ring (bicyclic) bond motifs is 1. The van der Waals surface area contributed by atoms with Gasteiger partial charge in [-0.3, -0.25) is 4.79 Å². The maximum absolute atomic E-state index is 13.0. The van der Waals surface area contributed by atoms with E-state index in [1.165, 1.54) is 4.31 Å². The molecule has 2 aromatic rings. The smallest absolute Gasteiger partial charge is 0.249 e. The Morgan fingerprint density at radius 2 is 1.69 bits per heavy atom. The molecule has 1 fully saturated rings. The highest BCUT2D eigenvalue weighted by molar-refractivity contribution is 7.89. The van der Waals surface area contributed by atoms with Gasteiger partial charge in [0.05, 0.1) is 4.90 Å². The van der Waals surface area contributed by atoms with Crippen LogP contribution in [-0.2, 0) is 14.8 Å². The minimum atomic E-state index is -3.55. The molecule has 26 heavy (non-hydrogen) atoms. The molecule has 0 radical (unpaired) electrons. The summed E-state index contributed by atoms with van der Waals surface area (Å²) >= 11 is 0. The first-order chi connectivity index (χ1) is 12.4. The van der Waals surface area contributed by atoms with Crippen molar-refractivity contribution in [3.8, 4) is 0 Å². The average Bonchev–Trinajstić information content (AvgIpc) is 2.67. The second kappa shape index (κ2) is 7.60. The molecular weight excluding hydrogens is 348 g/mol. The third-order valence-electron chi connectivity index (χ3n) is 4.73. The summed E-state index contributed by atoms with van der Waals surface area (Å²) in [6.45, 7) is 5.27. The molecule has 1 saturated heterocycles. The van der Waals surface area contributed by atoms with Gasteiger partial charge in [-0.2, -0.15) is 4.31 Å². The molecular formula is C20H24N2O3S. The summed E-state index contributed by atoms with van der Waals surface area (Å²) in [7, 11) is -3.55. The van der Waals surface area contributed by atoms with E-state index in [1.807, 2.05) is 50.3 Å². The molecule has 138 valence electrons. The van der Waals surface area contributed by atoms with E-state index in [9.17, 15) is 13.2 Å². The molecule has 0 unspecified atom stereocenters. The lowest BCUT2D eigenvalue weighted by atomic mass is 10.1. The summed E-state index contributed by atoms with van der Waals surface area (Å²) in [5.74, 6) is -0.00500. The van der Waals surface area contributed by atoms with E-state index in [4.69, 9.17) is 0 Å². The van der Waals surface area contributed by atoms with Crippen molar-refractivity contribution in [3.05, 3.63) is 54.1 Å². The quantitative estimate of drug-likeness (QED) is 0.775. The highest BCUT2D eigenvalue weighted by Crippen LogP contribution is 2.23. The van der Waals surface area contributed by atoms with Crippen LogP contribution in [0.3, 0.4) is 0 Å². The van der Waals surface area contributed by atoms with Crippen LogP contribution in [0.4, 0.5) is 0 Å². The van der Waals surface area contributed by atoms with Gasteiger partial charge in [0.15, 0.2) is 0 Å². The minimum absolute atomic E-state index is 0.00500. The molecule has 0 aliphatic carbocycles. The fourth-order valence-electron chi connectivity index (χ4n) is 3.25. The molecule has 6 heteroatoms. The highest BCUT2D eigenvalue weighted by atomic mass is 32.2. The van der Waals surface area contributed by atoms with Gasteiger partial charge < -0.3 is 4.90 Å². The first kappa shape index (κ1) is 18.6. The van der Waals surface area contributed by atoms with E-state index in [1.54, 1.807) is 17.0 Å². The number of sulfonamides is 1. The third kappa shape index (κ3) is 3.66. The summed E-state index contributed by atoms with van der Waals surface area (Å²) in [6.07, 6.45) is 2.72. The second-order valence-electron chi connectivity index (χ2n) is 6.50. The molecule has 0 saturated carbocycles. The SMILES string of the molecule is CCC=C(C)C(=O)N1CCN(S(=O)(=O)c2ccc3ccccc3c2)CC1.